The summed E-state index contributed by atoms with van der Waals surface area (Å²) in [7, 11) is 0. The number of aliphatic hydroxyl groups excluding tert-OH is 1. The topological polar surface area (TPSA) is 80.0 Å². The van der Waals surface area contributed by atoms with E-state index in [0.717, 1.165) is 4.47 Å². The van der Waals surface area contributed by atoms with Gasteiger partial charge in [-0.2, -0.15) is 0 Å². The van der Waals surface area contributed by atoms with Gasteiger partial charge in [-0.05, 0) is 78.4 Å². The number of Topliss-reactive ketones (excluding diaryl/α,β-unsaturated/α-hetero) is 1. The van der Waals surface area contributed by atoms with Gasteiger partial charge in [0.25, 0.3) is 5.91 Å². The van der Waals surface area contributed by atoms with Gasteiger partial charge in [-0.15, -0.1) is 0 Å². The molecule has 0 fully saturated rings. The van der Waals surface area contributed by atoms with Gasteiger partial charge in [0.15, 0.2) is 11.5 Å². The Bertz CT molecular complexity index is 1760. The molecule has 8 heteroatoms. The highest BCUT2D eigenvalue weighted by Gasteiger charge is 2.45. The summed E-state index contributed by atoms with van der Waals surface area (Å²) in [5, 5.41) is 11.7. The zero-order chi connectivity index (χ0) is 27.1. The molecule has 1 aliphatic heterocycles. The average Bonchev–Trinajstić information content (AvgIpc) is 3.48. The van der Waals surface area contributed by atoms with Crippen molar-refractivity contribution in [2.45, 2.75) is 6.04 Å². The predicted octanol–water partition coefficient (Wildman–Crippen LogP) is 7.91. The van der Waals surface area contributed by atoms with E-state index in [1.807, 2.05) is 18.2 Å². The minimum Gasteiger partial charge on any atom is -0.503 e. The molecule has 1 amide bonds. The molecule has 0 aliphatic carbocycles. The van der Waals surface area contributed by atoms with Gasteiger partial charge >= 0.3 is 0 Å². The third-order valence-electron chi connectivity index (χ3n) is 6.41. The summed E-state index contributed by atoms with van der Waals surface area (Å²) < 4.78 is 26.3. The number of hydrogen-bond donors (Lipinski definition) is 1. The lowest BCUT2D eigenvalue weighted by Gasteiger charge is -2.27. The number of anilines is 1. The fraction of sp³-hybridized carbons (Fsp3) is 0.0323. The number of benzene rings is 4. The number of rotatable bonds is 6. The number of carbonyl (C=O) groups excluding carboxylic acids is 2. The molecule has 0 radical (unpaired) electrons. The van der Waals surface area contributed by atoms with Crippen LogP contribution in [-0.4, -0.2) is 16.8 Å². The van der Waals surface area contributed by atoms with Crippen molar-refractivity contribution >= 4 is 44.3 Å². The zero-order valence-corrected chi connectivity index (χ0v) is 21.8. The molecule has 39 heavy (non-hydrogen) atoms. The second kappa shape index (κ2) is 9.89. The summed E-state index contributed by atoms with van der Waals surface area (Å²) in [6.07, 6.45) is 0. The first-order chi connectivity index (χ1) is 18.9. The molecule has 6 rings (SSSR count). The second-order valence-electron chi connectivity index (χ2n) is 8.93. The second-order valence-corrected chi connectivity index (χ2v) is 9.84. The summed E-state index contributed by atoms with van der Waals surface area (Å²) >= 11 is 3.41. The average molecular weight is 584 g/mol. The minimum atomic E-state index is -1.03. The highest BCUT2D eigenvalue weighted by Crippen LogP contribution is 2.43. The lowest BCUT2D eigenvalue weighted by atomic mass is 9.94. The number of halogens is 2. The molecule has 6 nitrogen and oxygen atoms in total. The molecule has 0 saturated heterocycles. The van der Waals surface area contributed by atoms with Gasteiger partial charge < -0.3 is 14.3 Å². The maximum atomic E-state index is 13.9. The molecular weight excluding hydrogens is 565 g/mol. The first kappa shape index (κ1) is 24.6. The first-order valence-corrected chi connectivity index (χ1v) is 12.8. The number of furan rings is 1. The van der Waals surface area contributed by atoms with Crippen LogP contribution >= 0.6 is 15.9 Å². The number of para-hydroxylation sites is 1. The number of ether oxygens (including phenoxy) is 1. The van der Waals surface area contributed by atoms with Crippen LogP contribution in [0.1, 0.15) is 22.2 Å². The van der Waals surface area contributed by atoms with Gasteiger partial charge in [0.2, 0.25) is 5.78 Å². The van der Waals surface area contributed by atoms with Crippen LogP contribution in [0.2, 0.25) is 0 Å². The number of ketones is 1. The van der Waals surface area contributed by atoms with Crippen molar-refractivity contribution in [2.24, 2.45) is 0 Å². The van der Waals surface area contributed by atoms with Gasteiger partial charge in [0, 0.05) is 15.5 Å². The quantitative estimate of drug-likeness (QED) is 0.205. The van der Waals surface area contributed by atoms with E-state index in [9.17, 15) is 19.1 Å². The largest absolute Gasteiger partial charge is 0.503 e. The van der Waals surface area contributed by atoms with Crippen molar-refractivity contribution in [1.82, 2.24) is 0 Å². The van der Waals surface area contributed by atoms with Crippen LogP contribution in [0.15, 0.2) is 123 Å². The molecule has 2 heterocycles. The van der Waals surface area contributed by atoms with E-state index >= 15 is 0 Å². The van der Waals surface area contributed by atoms with Crippen LogP contribution in [0.5, 0.6) is 11.5 Å². The van der Waals surface area contributed by atoms with E-state index in [2.05, 4.69) is 15.9 Å². The van der Waals surface area contributed by atoms with E-state index in [1.54, 1.807) is 60.7 Å². The monoisotopic (exact) mass is 583 g/mol. The van der Waals surface area contributed by atoms with E-state index in [4.69, 9.17) is 9.15 Å². The molecule has 0 bridgehead atoms. The summed E-state index contributed by atoms with van der Waals surface area (Å²) in [5.41, 5.74) is 1.14. The molecule has 4 aromatic carbocycles. The molecule has 192 valence electrons. The van der Waals surface area contributed by atoms with Gasteiger partial charge in [-0.1, -0.05) is 46.3 Å². The zero-order valence-electron chi connectivity index (χ0n) is 20.2. The Balaban J connectivity index is 1.46. The van der Waals surface area contributed by atoms with Crippen LogP contribution in [0.4, 0.5) is 10.1 Å². The third kappa shape index (κ3) is 4.59. The SMILES string of the molecule is O=C(C1=C(O)C(=O)N(c2ccc(F)cc2)C1c1cccc(Oc2ccccc2)c1)c1cc2cc(Br)ccc2o1. The lowest BCUT2D eigenvalue weighted by molar-refractivity contribution is -0.117. The van der Waals surface area contributed by atoms with E-state index < -0.39 is 29.3 Å². The van der Waals surface area contributed by atoms with Crippen molar-refractivity contribution in [3.05, 3.63) is 136 Å². The van der Waals surface area contributed by atoms with E-state index in [0.29, 0.717) is 33.7 Å². The van der Waals surface area contributed by atoms with Gasteiger partial charge in [0.1, 0.15) is 22.9 Å². The summed E-state index contributed by atoms with van der Waals surface area (Å²) in [6, 6.07) is 27.2. The number of nitrogens with zero attached hydrogens (tertiary/aromatic N) is 1. The number of hydrogen-bond acceptors (Lipinski definition) is 5. The molecule has 1 N–H and O–H groups in total. The fourth-order valence-corrected chi connectivity index (χ4v) is 5.03. The smallest absolute Gasteiger partial charge is 0.294 e. The Morgan fingerprint density at radius 3 is 2.41 bits per heavy atom. The first-order valence-electron chi connectivity index (χ1n) is 12.0. The maximum absolute atomic E-state index is 13.9. The van der Waals surface area contributed by atoms with Crippen molar-refractivity contribution in [2.75, 3.05) is 4.90 Å². The Morgan fingerprint density at radius 2 is 1.64 bits per heavy atom. The molecular formula is C31H19BrFNO5. The van der Waals surface area contributed by atoms with Gasteiger partial charge in [-0.3, -0.25) is 14.5 Å². The number of amides is 1. The molecule has 1 atom stereocenters. The van der Waals surface area contributed by atoms with E-state index in [-0.39, 0.29) is 11.3 Å². The summed E-state index contributed by atoms with van der Waals surface area (Å²) in [4.78, 5) is 28.5. The Morgan fingerprint density at radius 1 is 0.897 bits per heavy atom. The van der Waals surface area contributed by atoms with Crippen molar-refractivity contribution in [1.29, 1.82) is 0 Å². The summed E-state index contributed by atoms with van der Waals surface area (Å²) in [6.45, 7) is 0. The third-order valence-corrected chi connectivity index (χ3v) is 6.91. The van der Waals surface area contributed by atoms with Crippen molar-refractivity contribution in [3.8, 4) is 11.5 Å². The Labute approximate surface area is 230 Å². The Hall–Kier alpha value is -4.69. The molecule has 5 aromatic rings. The van der Waals surface area contributed by atoms with Crippen LogP contribution in [-0.2, 0) is 4.79 Å². The fourth-order valence-electron chi connectivity index (χ4n) is 4.65. The number of fused-ring (bicyclic) bond motifs is 1. The van der Waals surface area contributed by atoms with E-state index in [1.165, 1.54) is 29.2 Å². The minimum absolute atomic E-state index is 0.0277. The number of aliphatic hydroxyl groups is 1. The van der Waals surface area contributed by atoms with Crippen LogP contribution < -0.4 is 9.64 Å². The van der Waals surface area contributed by atoms with Gasteiger partial charge in [-0.25, -0.2) is 4.39 Å². The van der Waals surface area contributed by atoms with Gasteiger partial charge in [0.05, 0.1) is 11.6 Å². The predicted molar refractivity (Wildman–Crippen MR) is 147 cm³/mol. The molecule has 0 saturated carbocycles. The Kier molecular flexibility index (Phi) is 6.24. The standard InChI is InChI=1S/C31H19BrFNO5/c32-20-9-14-25-19(15-20)17-26(39-25)29(35)27-28(34(31(37)30(27)36)22-12-10-21(33)11-13-22)18-5-4-8-24(16-18)38-23-6-2-1-3-7-23/h1-17,28,36H. The highest BCUT2D eigenvalue weighted by atomic mass is 79.9. The van der Waals surface area contributed by atoms with Crippen molar-refractivity contribution < 1.29 is 28.2 Å². The highest BCUT2D eigenvalue weighted by molar-refractivity contribution is 9.10. The maximum Gasteiger partial charge on any atom is 0.294 e. The molecule has 1 aromatic heterocycles. The molecule has 1 unspecified atom stereocenters. The number of carbonyl (C=O) groups is 2. The molecule has 1 aliphatic rings. The molecule has 0 spiro atoms. The van der Waals surface area contributed by atoms with Crippen LogP contribution in [0.3, 0.4) is 0 Å². The van der Waals surface area contributed by atoms with Crippen LogP contribution in [0, 0.1) is 5.82 Å². The normalized spacial score (nSPS) is 15.3. The van der Waals surface area contributed by atoms with Crippen LogP contribution in [0.25, 0.3) is 11.0 Å². The van der Waals surface area contributed by atoms with Crippen molar-refractivity contribution in [3.63, 3.8) is 0 Å². The lowest BCUT2D eigenvalue weighted by Crippen LogP contribution is -2.31. The summed E-state index contributed by atoms with van der Waals surface area (Å²) in [5.74, 6) is -1.57.